The fraction of sp³-hybridized carbons (Fsp3) is 1.00. The summed E-state index contributed by atoms with van der Waals surface area (Å²) in [7, 11) is -0.850. The third-order valence-corrected chi connectivity index (χ3v) is 6.43. The number of rotatable bonds is 7. The quantitative estimate of drug-likeness (QED) is 0.359. The Morgan fingerprint density at radius 2 is 2.15 bits per heavy atom. The van der Waals surface area contributed by atoms with Crippen molar-refractivity contribution in [3.63, 3.8) is 0 Å². The Hall–Kier alpha value is 0.137. The fourth-order valence-electron chi connectivity index (χ4n) is 1.21. The molecule has 0 amide bonds. The van der Waals surface area contributed by atoms with E-state index in [0.29, 0.717) is 6.10 Å². The molecular formula is C10H22O2Si. The van der Waals surface area contributed by atoms with E-state index in [2.05, 4.69) is 20.0 Å². The Balaban J connectivity index is 1.87. The van der Waals surface area contributed by atoms with Gasteiger partial charge in [0.25, 0.3) is 0 Å². The van der Waals surface area contributed by atoms with E-state index in [-0.39, 0.29) is 0 Å². The van der Waals surface area contributed by atoms with Crippen LogP contribution >= 0.6 is 0 Å². The fourth-order valence-corrected chi connectivity index (χ4v) is 2.66. The van der Waals surface area contributed by atoms with Crippen LogP contribution in [0, 0.1) is 0 Å². The first kappa shape index (κ1) is 11.2. The Labute approximate surface area is 82.6 Å². The van der Waals surface area contributed by atoms with E-state index in [4.69, 9.17) is 9.47 Å². The maximum Gasteiger partial charge on any atom is 0.104 e. The molecule has 2 nitrogen and oxygen atoms in total. The molecule has 3 heteroatoms. The molecule has 0 radical (unpaired) electrons. The molecule has 0 N–H and O–H groups in total. The lowest BCUT2D eigenvalue weighted by atomic mass is 10.5. The summed E-state index contributed by atoms with van der Waals surface area (Å²) >= 11 is 0. The first-order chi connectivity index (χ1) is 6.14. The van der Waals surface area contributed by atoms with E-state index < -0.39 is 8.07 Å². The van der Waals surface area contributed by atoms with E-state index in [1.54, 1.807) is 0 Å². The van der Waals surface area contributed by atoms with Gasteiger partial charge in [0.2, 0.25) is 0 Å². The minimum Gasteiger partial charge on any atom is -0.379 e. The van der Waals surface area contributed by atoms with Crippen LogP contribution in [0.15, 0.2) is 0 Å². The predicted molar refractivity (Wildman–Crippen MR) is 57.9 cm³/mol. The van der Waals surface area contributed by atoms with Gasteiger partial charge in [-0.05, 0) is 6.42 Å². The molecule has 0 aromatic rings. The zero-order valence-electron chi connectivity index (χ0n) is 9.14. The minimum absolute atomic E-state index is 0.427. The van der Waals surface area contributed by atoms with Gasteiger partial charge in [0.15, 0.2) is 0 Å². The highest BCUT2D eigenvalue weighted by Gasteiger charge is 2.22. The van der Waals surface area contributed by atoms with E-state index in [1.807, 2.05) is 0 Å². The summed E-state index contributed by atoms with van der Waals surface area (Å²) in [5, 5.41) is 0. The highest BCUT2D eigenvalue weighted by Crippen LogP contribution is 2.16. The van der Waals surface area contributed by atoms with E-state index in [1.165, 1.54) is 18.5 Å². The average molecular weight is 202 g/mol. The molecule has 0 spiro atoms. The van der Waals surface area contributed by atoms with Gasteiger partial charge in [0.05, 0.1) is 13.2 Å². The smallest absolute Gasteiger partial charge is 0.104 e. The topological polar surface area (TPSA) is 21.8 Å². The molecular weight excluding hydrogens is 180 g/mol. The van der Waals surface area contributed by atoms with Crippen LogP contribution in [-0.4, -0.2) is 34.0 Å². The Bertz CT molecular complexity index is 144. The highest BCUT2D eigenvalue weighted by molar-refractivity contribution is 6.77. The molecule has 78 valence electrons. The van der Waals surface area contributed by atoms with Crippen LogP contribution in [0.2, 0.25) is 25.2 Å². The second kappa shape index (κ2) is 5.13. The monoisotopic (exact) mass is 202 g/mol. The lowest BCUT2D eigenvalue weighted by Gasteiger charge is -2.19. The predicted octanol–water partition coefficient (Wildman–Crippen LogP) is 2.52. The van der Waals surface area contributed by atoms with Crippen molar-refractivity contribution in [3.05, 3.63) is 0 Å². The summed E-state index contributed by atoms with van der Waals surface area (Å²) < 4.78 is 10.6. The van der Waals surface area contributed by atoms with Crippen molar-refractivity contribution in [2.75, 3.05) is 19.8 Å². The highest BCUT2D eigenvalue weighted by atomic mass is 28.3. The SMILES string of the molecule is CC[Si](C)(C)CCCOCC1CO1. The van der Waals surface area contributed by atoms with Crippen molar-refractivity contribution >= 4 is 8.07 Å². The molecule has 0 saturated carbocycles. The van der Waals surface area contributed by atoms with Crippen molar-refractivity contribution in [1.29, 1.82) is 0 Å². The van der Waals surface area contributed by atoms with Crippen molar-refractivity contribution in [3.8, 4) is 0 Å². The molecule has 1 heterocycles. The third-order valence-electron chi connectivity index (χ3n) is 2.81. The van der Waals surface area contributed by atoms with Crippen molar-refractivity contribution < 1.29 is 9.47 Å². The molecule has 1 saturated heterocycles. The molecule has 13 heavy (non-hydrogen) atoms. The van der Waals surface area contributed by atoms with Crippen molar-refractivity contribution in [2.45, 2.75) is 44.6 Å². The van der Waals surface area contributed by atoms with Crippen LogP contribution in [-0.2, 0) is 9.47 Å². The summed E-state index contributed by atoms with van der Waals surface area (Å²) in [5.74, 6) is 0. The van der Waals surface area contributed by atoms with Crippen LogP contribution in [0.1, 0.15) is 13.3 Å². The maximum atomic E-state index is 5.49. The van der Waals surface area contributed by atoms with Crippen molar-refractivity contribution in [2.24, 2.45) is 0 Å². The van der Waals surface area contributed by atoms with Gasteiger partial charge < -0.3 is 9.47 Å². The zero-order valence-corrected chi connectivity index (χ0v) is 10.1. The van der Waals surface area contributed by atoms with Crippen LogP contribution in [0.4, 0.5) is 0 Å². The maximum absolute atomic E-state index is 5.49. The van der Waals surface area contributed by atoms with E-state index in [9.17, 15) is 0 Å². The molecule has 0 aliphatic carbocycles. The van der Waals surface area contributed by atoms with Crippen LogP contribution < -0.4 is 0 Å². The summed E-state index contributed by atoms with van der Waals surface area (Å²) in [5.41, 5.74) is 0. The van der Waals surface area contributed by atoms with Gasteiger partial charge in [-0.3, -0.25) is 0 Å². The van der Waals surface area contributed by atoms with Crippen LogP contribution in [0.25, 0.3) is 0 Å². The second-order valence-corrected chi connectivity index (χ2v) is 10.2. The number of hydrogen-bond acceptors (Lipinski definition) is 2. The van der Waals surface area contributed by atoms with Gasteiger partial charge in [0.1, 0.15) is 6.10 Å². The number of ether oxygens (including phenoxy) is 2. The molecule has 0 aromatic carbocycles. The molecule has 1 fully saturated rings. The number of hydrogen-bond donors (Lipinski definition) is 0. The van der Waals surface area contributed by atoms with Gasteiger partial charge in [-0.25, -0.2) is 0 Å². The molecule has 0 aromatic heterocycles. The zero-order chi connectivity index (χ0) is 9.73. The first-order valence-electron chi connectivity index (χ1n) is 5.33. The largest absolute Gasteiger partial charge is 0.379 e. The molecule has 1 rings (SSSR count). The second-order valence-electron chi connectivity index (χ2n) is 4.65. The Morgan fingerprint density at radius 1 is 1.46 bits per heavy atom. The summed E-state index contributed by atoms with van der Waals surface area (Å²) in [6.07, 6.45) is 1.66. The van der Waals surface area contributed by atoms with Crippen LogP contribution in [0.5, 0.6) is 0 Å². The Morgan fingerprint density at radius 3 is 2.69 bits per heavy atom. The number of epoxide rings is 1. The molecule has 0 bridgehead atoms. The van der Waals surface area contributed by atoms with E-state index in [0.717, 1.165) is 19.8 Å². The standard InChI is InChI=1S/C10H22O2Si/c1-4-13(2,3)7-5-6-11-8-10-9-12-10/h10H,4-9H2,1-3H3. The van der Waals surface area contributed by atoms with Gasteiger partial charge in [0, 0.05) is 14.7 Å². The molecule has 1 aliphatic heterocycles. The van der Waals surface area contributed by atoms with Gasteiger partial charge >= 0.3 is 0 Å². The Kier molecular flexibility index (Phi) is 4.42. The lowest BCUT2D eigenvalue weighted by Crippen LogP contribution is -2.23. The van der Waals surface area contributed by atoms with E-state index >= 15 is 0 Å². The van der Waals surface area contributed by atoms with Crippen LogP contribution in [0.3, 0.4) is 0 Å². The molecule has 1 unspecified atom stereocenters. The summed E-state index contributed by atoms with van der Waals surface area (Å²) in [6, 6.07) is 2.79. The molecule has 1 aliphatic rings. The van der Waals surface area contributed by atoms with Gasteiger partial charge in [-0.1, -0.05) is 32.1 Å². The minimum atomic E-state index is -0.850. The normalized spacial score (nSPS) is 21.9. The summed E-state index contributed by atoms with van der Waals surface area (Å²) in [6.45, 7) is 9.87. The molecule has 1 atom stereocenters. The van der Waals surface area contributed by atoms with Crippen molar-refractivity contribution in [1.82, 2.24) is 0 Å². The first-order valence-corrected chi connectivity index (χ1v) is 8.75. The van der Waals surface area contributed by atoms with Gasteiger partial charge in [-0.2, -0.15) is 0 Å². The van der Waals surface area contributed by atoms with Gasteiger partial charge in [-0.15, -0.1) is 0 Å². The average Bonchev–Trinajstić information content (AvgIpc) is 2.87. The lowest BCUT2D eigenvalue weighted by molar-refractivity contribution is 0.117. The third kappa shape index (κ3) is 5.44. The summed E-state index contributed by atoms with van der Waals surface area (Å²) in [4.78, 5) is 0.